The average molecular weight is 294 g/mol. The van der Waals surface area contributed by atoms with Crippen LogP contribution in [0, 0.1) is 5.92 Å². The minimum atomic E-state index is 0.00426. The lowest BCUT2D eigenvalue weighted by atomic mass is 10.0. The number of hydrogen-bond acceptors (Lipinski definition) is 7. The molecule has 1 aliphatic rings. The number of nitrogens with zero attached hydrogens (tertiary/aromatic N) is 3. The van der Waals surface area contributed by atoms with Crippen molar-refractivity contribution < 1.29 is 4.74 Å². The van der Waals surface area contributed by atoms with Gasteiger partial charge in [0.1, 0.15) is 0 Å². The summed E-state index contributed by atoms with van der Waals surface area (Å²) in [5, 5.41) is 3.39. The third-order valence-electron chi connectivity index (χ3n) is 3.68. The van der Waals surface area contributed by atoms with Gasteiger partial charge in [-0.1, -0.05) is 19.8 Å². The fraction of sp³-hybridized carbons (Fsp3) is 0.786. The van der Waals surface area contributed by atoms with Crippen LogP contribution in [0.15, 0.2) is 0 Å². The summed E-state index contributed by atoms with van der Waals surface area (Å²) in [5.41, 5.74) is 2.46. The van der Waals surface area contributed by atoms with Crippen LogP contribution in [0.4, 0.5) is 11.9 Å². The van der Waals surface area contributed by atoms with Crippen LogP contribution in [0.2, 0.25) is 0 Å². The Balaban J connectivity index is 2.07. The highest BCUT2D eigenvalue weighted by atomic mass is 16.5. The zero-order chi connectivity index (χ0) is 15.2. The molecule has 21 heavy (non-hydrogen) atoms. The maximum Gasteiger partial charge on any atom is 0.323 e. The summed E-state index contributed by atoms with van der Waals surface area (Å²) in [6.45, 7) is 6.18. The van der Waals surface area contributed by atoms with E-state index in [1.54, 1.807) is 0 Å². The smallest absolute Gasteiger partial charge is 0.323 e. The Labute approximate surface area is 126 Å². The largest absolute Gasteiger partial charge is 0.461 e. The molecule has 0 saturated heterocycles. The van der Waals surface area contributed by atoms with E-state index in [4.69, 9.17) is 10.6 Å². The van der Waals surface area contributed by atoms with Gasteiger partial charge in [-0.2, -0.15) is 15.0 Å². The lowest BCUT2D eigenvalue weighted by molar-refractivity contribution is 0.222. The lowest BCUT2D eigenvalue weighted by Gasteiger charge is -2.17. The van der Waals surface area contributed by atoms with Crippen molar-refractivity contribution in [1.29, 1.82) is 0 Å². The van der Waals surface area contributed by atoms with E-state index in [0.717, 1.165) is 18.8 Å². The molecular weight excluding hydrogens is 268 g/mol. The molecule has 4 N–H and O–H groups in total. The van der Waals surface area contributed by atoms with Crippen molar-refractivity contribution in [1.82, 2.24) is 15.0 Å². The molecule has 0 radical (unpaired) electrons. The zero-order valence-electron chi connectivity index (χ0n) is 13.1. The van der Waals surface area contributed by atoms with Crippen LogP contribution in [0.25, 0.3) is 0 Å². The first-order chi connectivity index (χ1) is 10.1. The fourth-order valence-corrected chi connectivity index (χ4v) is 2.56. The fourth-order valence-electron chi connectivity index (χ4n) is 2.56. The van der Waals surface area contributed by atoms with Crippen molar-refractivity contribution in [3.63, 3.8) is 0 Å². The number of aromatic nitrogens is 3. The van der Waals surface area contributed by atoms with Crippen LogP contribution in [-0.2, 0) is 0 Å². The SMILES string of the molecule is CC1CCCC(Nc2nc(NN)nc(OC(C)C)n2)CC1. The standard InChI is InChI=1S/C14H26N6O/c1-9(2)21-14-18-12(17-13(19-14)20-15)16-11-6-4-5-10(3)7-8-11/h9-11H,4-8,15H2,1-3H3,(H2,16,17,18,19,20). The molecule has 0 aliphatic heterocycles. The number of nitrogens with one attached hydrogen (secondary N) is 2. The monoisotopic (exact) mass is 294 g/mol. The number of hydrazine groups is 1. The number of hydrogen-bond donors (Lipinski definition) is 3. The molecule has 0 bridgehead atoms. The number of nitrogens with two attached hydrogens (primary N) is 1. The first-order valence-corrected chi connectivity index (χ1v) is 7.72. The van der Waals surface area contributed by atoms with Crippen LogP contribution in [-0.4, -0.2) is 27.1 Å². The molecule has 1 fully saturated rings. The van der Waals surface area contributed by atoms with Crippen LogP contribution in [0.3, 0.4) is 0 Å². The van der Waals surface area contributed by atoms with Crippen molar-refractivity contribution in [2.45, 2.75) is 65.0 Å². The highest BCUT2D eigenvalue weighted by Gasteiger charge is 2.18. The predicted octanol–water partition coefficient (Wildman–Crippen LogP) is 2.33. The molecule has 118 valence electrons. The van der Waals surface area contributed by atoms with Gasteiger partial charge < -0.3 is 10.1 Å². The van der Waals surface area contributed by atoms with Crippen LogP contribution < -0.4 is 21.3 Å². The minimum Gasteiger partial charge on any atom is -0.461 e. The number of anilines is 2. The van der Waals surface area contributed by atoms with Gasteiger partial charge in [0.2, 0.25) is 11.9 Å². The third-order valence-corrected chi connectivity index (χ3v) is 3.68. The van der Waals surface area contributed by atoms with Crippen molar-refractivity contribution in [3.8, 4) is 6.01 Å². The topological polar surface area (TPSA) is 98.0 Å². The van der Waals surface area contributed by atoms with E-state index in [1.165, 1.54) is 19.3 Å². The Morgan fingerprint density at radius 1 is 1.10 bits per heavy atom. The summed E-state index contributed by atoms with van der Waals surface area (Å²) in [6.07, 6.45) is 6.05. The maximum absolute atomic E-state index is 5.53. The summed E-state index contributed by atoms with van der Waals surface area (Å²) in [4.78, 5) is 12.7. The molecule has 1 aromatic heterocycles. The van der Waals surface area contributed by atoms with Gasteiger partial charge in [-0.3, -0.25) is 5.43 Å². The van der Waals surface area contributed by atoms with Gasteiger partial charge in [0, 0.05) is 6.04 Å². The van der Waals surface area contributed by atoms with E-state index in [2.05, 4.69) is 32.6 Å². The quantitative estimate of drug-likeness (QED) is 0.435. The predicted molar refractivity (Wildman–Crippen MR) is 83.1 cm³/mol. The van der Waals surface area contributed by atoms with E-state index in [-0.39, 0.29) is 12.1 Å². The molecule has 1 heterocycles. The molecule has 2 unspecified atom stereocenters. The molecule has 2 atom stereocenters. The first-order valence-electron chi connectivity index (χ1n) is 7.72. The summed E-state index contributed by atoms with van der Waals surface area (Å²) in [7, 11) is 0. The van der Waals surface area contributed by atoms with E-state index < -0.39 is 0 Å². The third kappa shape index (κ3) is 5.00. The molecule has 1 saturated carbocycles. The molecule has 7 nitrogen and oxygen atoms in total. The Morgan fingerprint density at radius 2 is 1.86 bits per heavy atom. The van der Waals surface area contributed by atoms with Crippen molar-refractivity contribution in [2.24, 2.45) is 11.8 Å². The molecule has 2 rings (SSSR count). The summed E-state index contributed by atoms with van der Waals surface area (Å²) in [6, 6.07) is 0.687. The average Bonchev–Trinajstić information content (AvgIpc) is 2.62. The van der Waals surface area contributed by atoms with Crippen molar-refractivity contribution in [3.05, 3.63) is 0 Å². The first kappa shape index (κ1) is 15.8. The van der Waals surface area contributed by atoms with E-state index in [0.29, 0.717) is 17.9 Å². The van der Waals surface area contributed by atoms with Crippen LogP contribution in [0.1, 0.15) is 52.9 Å². The van der Waals surface area contributed by atoms with Gasteiger partial charge in [-0.25, -0.2) is 5.84 Å². The Bertz CT molecular complexity index is 453. The summed E-state index contributed by atoms with van der Waals surface area (Å²) in [5.74, 6) is 7.04. The highest BCUT2D eigenvalue weighted by molar-refractivity contribution is 5.35. The molecule has 7 heteroatoms. The van der Waals surface area contributed by atoms with Crippen molar-refractivity contribution in [2.75, 3.05) is 10.7 Å². The Morgan fingerprint density at radius 3 is 2.57 bits per heavy atom. The van der Waals surface area contributed by atoms with Gasteiger partial charge in [0.25, 0.3) is 0 Å². The Hall–Kier alpha value is -1.63. The van der Waals surface area contributed by atoms with Gasteiger partial charge in [-0.15, -0.1) is 0 Å². The molecular formula is C14H26N6O. The maximum atomic E-state index is 5.53. The molecule has 0 amide bonds. The molecule has 1 aliphatic carbocycles. The minimum absolute atomic E-state index is 0.00426. The molecule has 0 aromatic carbocycles. The van der Waals surface area contributed by atoms with Gasteiger partial charge >= 0.3 is 6.01 Å². The molecule has 1 aromatic rings. The summed E-state index contributed by atoms with van der Waals surface area (Å²) >= 11 is 0. The van der Waals surface area contributed by atoms with E-state index >= 15 is 0 Å². The molecule has 0 spiro atoms. The van der Waals surface area contributed by atoms with E-state index in [1.807, 2.05) is 13.8 Å². The normalized spacial score (nSPS) is 22.7. The van der Waals surface area contributed by atoms with Gasteiger partial charge in [0.05, 0.1) is 6.10 Å². The van der Waals surface area contributed by atoms with E-state index in [9.17, 15) is 0 Å². The van der Waals surface area contributed by atoms with Crippen molar-refractivity contribution >= 4 is 11.9 Å². The zero-order valence-corrected chi connectivity index (χ0v) is 13.1. The van der Waals surface area contributed by atoms with Crippen LogP contribution >= 0.6 is 0 Å². The second-order valence-corrected chi connectivity index (χ2v) is 6.03. The Kier molecular flexibility index (Phi) is 5.55. The van der Waals surface area contributed by atoms with Gasteiger partial charge in [-0.05, 0) is 39.0 Å². The number of ether oxygens (including phenoxy) is 1. The lowest BCUT2D eigenvalue weighted by Crippen LogP contribution is -2.22. The number of rotatable bonds is 5. The second kappa shape index (κ2) is 7.40. The number of nitrogen functional groups attached to an aromatic ring is 1. The van der Waals surface area contributed by atoms with Crippen LogP contribution in [0.5, 0.6) is 6.01 Å². The summed E-state index contributed by atoms with van der Waals surface area (Å²) < 4.78 is 5.53. The second-order valence-electron chi connectivity index (χ2n) is 6.03. The highest BCUT2D eigenvalue weighted by Crippen LogP contribution is 2.24. The van der Waals surface area contributed by atoms with Gasteiger partial charge in [0.15, 0.2) is 0 Å².